The largest absolute Gasteiger partial charge is 0.497 e. The first-order valence-electron chi connectivity index (χ1n) is 7.04. The van der Waals surface area contributed by atoms with Crippen molar-refractivity contribution in [3.05, 3.63) is 47.0 Å². The first-order chi connectivity index (χ1) is 11.7. The fourth-order valence-electron chi connectivity index (χ4n) is 2.07. The number of hydrogen-bond acceptors (Lipinski definition) is 5. The lowest BCUT2D eigenvalue weighted by atomic mass is 10.2. The molecule has 0 saturated carbocycles. The van der Waals surface area contributed by atoms with Gasteiger partial charge >= 0.3 is 0 Å². The van der Waals surface area contributed by atoms with Crippen LogP contribution in [-0.2, 0) is 10.0 Å². The van der Waals surface area contributed by atoms with Crippen molar-refractivity contribution < 1.29 is 22.7 Å². The SMILES string of the molecule is COc1ccc(NC(=O)c2ccc(NS(C)(=O)=O)cc2Cl)c(OC)c1. The van der Waals surface area contributed by atoms with E-state index < -0.39 is 15.9 Å². The van der Waals surface area contributed by atoms with E-state index in [1.54, 1.807) is 18.2 Å². The highest BCUT2D eigenvalue weighted by atomic mass is 35.5. The summed E-state index contributed by atoms with van der Waals surface area (Å²) in [6.07, 6.45) is 1.03. The third-order valence-electron chi connectivity index (χ3n) is 3.17. The molecule has 7 nitrogen and oxygen atoms in total. The third-order valence-corrected chi connectivity index (χ3v) is 4.09. The van der Waals surface area contributed by atoms with E-state index >= 15 is 0 Å². The Bertz CT molecular complexity index is 899. The molecule has 0 aliphatic carbocycles. The second kappa shape index (κ2) is 7.62. The molecule has 0 unspecified atom stereocenters. The molecule has 0 spiro atoms. The number of hydrogen-bond donors (Lipinski definition) is 2. The molecule has 0 aromatic heterocycles. The molecule has 0 heterocycles. The van der Waals surface area contributed by atoms with Crippen LogP contribution < -0.4 is 19.5 Å². The van der Waals surface area contributed by atoms with Gasteiger partial charge in [-0.3, -0.25) is 9.52 Å². The summed E-state index contributed by atoms with van der Waals surface area (Å²) in [4.78, 5) is 12.4. The van der Waals surface area contributed by atoms with Gasteiger partial charge in [-0.05, 0) is 30.3 Å². The fourth-order valence-corrected chi connectivity index (χ4v) is 2.89. The molecule has 25 heavy (non-hydrogen) atoms. The molecular formula is C16H17ClN2O5S. The highest BCUT2D eigenvalue weighted by molar-refractivity contribution is 7.92. The average Bonchev–Trinajstić information content (AvgIpc) is 2.53. The van der Waals surface area contributed by atoms with E-state index in [9.17, 15) is 13.2 Å². The maximum atomic E-state index is 12.4. The zero-order chi connectivity index (χ0) is 18.6. The van der Waals surface area contributed by atoms with Gasteiger partial charge in [0.25, 0.3) is 5.91 Å². The van der Waals surface area contributed by atoms with Crippen molar-refractivity contribution in [3.8, 4) is 11.5 Å². The van der Waals surface area contributed by atoms with E-state index in [0.717, 1.165) is 6.26 Å². The average molecular weight is 385 g/mol. The van der Waals surface area contributed by atoms with Crippen molar-refractivity contribution in [3.63, 3.8) is 0 Å². The van der Waals surface area contributed by atoms with Gasteiger partial charge in [-0.1, -0.05) is 11.6 Å². The predicted molar refractivity (Wildman–Crippen MR) is 97.4 cm³/mol. The van der Waals surface area contributed by atoms with Crippen LogP contribution in [0.5, 0.6) is 11.5 Å². The smallest absolute Gasteiger partial charge is 0.257 e. The summed E-state index contributed by atoms with van der Waals surface area (Å²) >= 11 is 6.09. The summed E-state index contributed by atoms with van der Waals surface area (Å²) in [5, 5.41) is 2.80. The summed E-state index contributed by atoms with van der Waals surface area (Å²) in [6, 6.07) is 9.20. The Morgan fingerprint density at radius 2 is 1.80 bits per heavy atom. The van der Waals surface area contributed by atoms with Gasteiger partial charge in [-0.2, -0.15) is 0 Å². The number of rotatable bonds is 6. The number of halogens is 1. The Hall–Kier alpha value is -2.45. The number of carbonyl (C=O) groups is 1. The number of methoxy groups -OCH3 is 2. The quantitative estimate of drug-likeness (QED) is 0.798. The molecule has 0 aliphatic rings. The molecule has 0 bridgehead atoms. The Morgan fingerprint density at radius 1 is 1.08 bits per heavy atom. The Balaban J connectivity index is 2.24. The molecule has 2 rings (SSSR count). The summed E-state index contributed by atoms with van der Waals surface area (Å²) in [7, 11) is -0.427. The van der Waals surface area contributed by atoms with Gasteiger partial charge < -0.3 is 14.8 Å². The van der Waals surface area contributed by atoms with Gasteiger partial charge in [0.1, 0.15) is 11.5 Å². The second-order valence-corrected chi connectivity index (χ2v) is 7.24. The maximum absolute atomic E-state index is 12.4. The highest BCUT2D eigenvalue weighted by Gasteiger charge is 2.15. The maximum Gasteiger partial charge on any atom is 0.257 e. The van der Waals surface area contributed by atoms with E-state index in [4.69, 9.17) is 21.1 Å². The fraction of sp³-hybridized carbons (Fsp3) is 0.188. The summed E-state index contributed by atoms with van der Waals surface area (Å²) in [5.41, 5.74) is 0.910. The van der Waals surface area contributed by atoms with E-state index in [1.807, 2.05) is 0 Å². The van der Waals surface area contributed by atoms with Crippen LogP contribution >= 0.6 is 11.6 Å². The monoisotopic (exact) mass is 384 g/mol. The first-order valence-corrected chi connectivity index (χ1v) is 9.31. The standard InChI is InChI=1S/C16H17ClN2O5S/c1-23-11-5-7-14(15(9-11)24-2)18-16(20)12-6-4-10(8-13(12)17)19-25(3,21)22/h4-9,19H,1-3H3,(H,18,20). The Labute approximate surface area is 151 Å². The minimum atomic E-state index is -3.43. The van der Waals surface area contributed by atoms with Crippen LogP contribution in [0.3, 0.4) is 0 Å². The molecule has 0 fully saturated rings. The van der Waals surface area contributed by atoms with Crippen LogP contribution in [0.4, 0.5) is 11.4 Å². The normalized spacial score (nSPS) is 10.9. The highest BCUT2D eigenvalue weighted by Crippen LogP contribution is 2.30. The van der Waals surface area contributed by atoms with Crippen LogP contribution in [0.2, 0.25) is 5.02 Å². The molecule has 0 radical (unpaired) electrons. The minimum Gasteiger partial charge on any atom is -0.497 e. The third kappa shape index (κ3) is 5.01. The molecule has 0 saturated heterocycles. The van der Waals surface area contributed by atoms with Crippen LogP contribution in [0.25, 0.3) is 0 Å². The van der Waals surface area contributed by atoms with Crippen LogP contribution in [0, 0.1) is 0 Å². The van der Waals surface area contributed by atoms with Crippen molar-refractivity contribution >= 4 is 38.9 Å². The summed E-state index contributed by atoms with van der Waals surface area (Å²) in [5.74, 6) is 0.558. The predicted octanol–water partition coefficient (Wildman–Crippen LogP) is 2.98. The number of carbonyl (C=O) groups excluding carboxylic acids is 1. The lowest BCUT2D eigenvalue weighted by Gasteiger charge is -2.13. The second-order valence-electron chi connectivity index (χ2n) is 5.09. The van der Waals surface area contributed by atoms with Gasteiger partial charge in [0.15, 0.2) is 0 Å². The lowest BCUT2D eigenvalue weighted by molar-refractivity contribution is 0.102. The van der Waals surface area contributed by atoms with Gasteiger partial charge in [0.2, 0.25) is 10.0 Å². The number of anilines is 2. The molecule has 0 atom stereocenters. The summed E-state index contributed by atoms with van der Waals surface area (Å²) in [6.45, 7) is 0. The molecular weight excluding hydrogens is 368 g/mol. The van der Waals surface area contributed by atoms with Crippen molar-refractivity contribution in [1.82, 2.24) is 0 Å². The van der Waals surface area contributed by atoms with E-state index in [0.29, 0.717) is 17.2 Å². The molecule has 1 amide bonds. The number of nitrogens with one attached hydrogen (secondary N) is 2. The van der Waals surface area contributed by atoms with Crippen molar-refractivity contribution in [1.29, 1.82) is 0 Å². The van der Waals surface area contributed by atoms with Crippen molar-refractivity contribution in [2.75, 3.05) is 30.5 Å². The molecule has 2 aromatic rings. The molecule has 2 aromatic carbocycles. The van der Waals surface area contributed by atoms with E-state index in [2.05, 4.69) is 10.0 Å². The van der Waals surface area contributed by atoms with Crippen LogP contribution in [-0.4, -0.2) is 34.8 Å². The van der Waals surface area contributed by atoms with E-state index in [1.165, 1.54) is 32.4 Å². The number of sulfonamides is 1. The number of ether oxygens (including phenoxy) is 2. The molecule has 9 heteroatoms. The number of benzene rings is 2. The molecule has 0 aliphatic heterocycles. The zero-order valence-electron chi connectivity index (χ0n) is 13.8. The van der Waals surface area contributed by atoms with Crippen LogP contribution in [0.1, 0.15) is 10.4 Å². The Kier molecular flexibility index (Phi) is 5.76. The molecule has 2 N–H and O–H groups in total. The lowest BCUT2D eigenvalue weighted by Crippen LogP contribution is -2.14. The van der Waals surface area contributed by atoms with E-state index in [-0.39, 0.29) is 16.3 Å². The van der Waals surface area contributed by atoms with Gasteiger partial charge in [-0.15, -0.1) is 0 Å². The van der Waals surface area contributed by atoms with Gasteiger partial charge in [0, 0.05) is 11.8 Å². The van der Waals surface area contributed by atoms with Crippen LogP contribution in [0.15, 0.2) is 36.4 Å². The topological polar surface area (TPSA) is 93.7 Å². The summed E-state index contributed by atoms with van der Waals surface area (Å²) < 4.78 is 35.1. The minimum absolute atomic E-state index is 0.110. The number of amides is 1. The molecule has 134 valence electrons. The Morgan fingerprint density at radius 3 is 2.36 bits per heavy atom. The van der Waals surface area contributed by atoms with Gasteiger partial charge in [0.05, 0.1) is 36.7 Å². The van der Waals surface area contributed by atoms with Gasteiger partial charge in [-0.25, -0.2) is 8.42 Å². The first kappa shape index (κ1) is 18.9. The zero-order valence-corrected chi connectivity index (χ0v) is 15.4. The van der Waals surface area contributed by atoms with Crippen molar-refractivity contribution in [2.24, 2.45) is 0 Å². The van der Waals surface area contributed by atoms with Crippen molar-refractivity contribution in [2.45, 2.75) is 0 Å².